The Morgan fingerprint density at radius 1 is 0.957 bits per heavy atom. The fraction of sp³-hybridized carbons (Fsp3) is 0.368. The van der Waals surface area contributed by atoms with Crippen molar-refractivity contribution in [3.05, 3.63) is 64.7 Å². The van der Waals surface area contributed by atoms with E-state index in [9.17, 15) is 0 Å². The zero-order valence-electron chi connectivity index (χ0n) is 13.8. The van der Waals surface area contributed by atoms with E-state index in [0.717, 1.165) is 43.2 Å². The molecule has 0 spiro atoms. The first-order valence-corrected chi connectivity index (χ1v) is 8.13. The van der Waals surface area contributed by atoms with Gasteiger partial charge in [0, 0.05) is 11.6 Å². The van der Waals surface area contributed by atoms with E-state index < -0.39 is 0 Å². The summed E-state index contributed by atoms with van der Waals surface area (Å²) < 4.78 is 5.95. The third-order valence-electron chi connectivity index (χ3n) is 3.58. The Balaban J connectivity index is 0.00000264. The summed E-state index contributed by atoms with van der Waals surface area (Å²) in [5, 5.41) is 0.786. The lowest BCUT2D eigenvalue weighted by molar-refractivity contribution is 0.279. The fourth-order valence-corrected chi connectivity index (χ4v) is 2.47. The second kappa shape index (κ2) is 10.5. The van der Waals surface area contributed by atoms with E-state index in [2.05, 4.69) is 49.3 Å². The zero-order chi connectivity index (χ0) is 15.8. The number of hydrogen-bond acceptors (Lipinski definition) is 2. The van der Waals surface area contributed by atoms with Crippen LogP contribution in [0.1, 0.15) is 17.5 Å². The summed E-state index contributed by atoms with van der Waals surface area (Å²) in [7, 11) is 4.17. The molecule has 0 unspecified atom stereocenters. The molecule has 0 fully saturated rings. The molecule has 126 valence electrons. The van der Waals surface area contributed by atoms with E-state index in [-0.39, 0.29) is 12.4 Å². The molecule has 0 aromatic heterocycles. The van der Waals surface area contributed by atoms with Crippen LogP contribution in [-0.2, 0) is 12.8 Å². The van der Waals surface area contributed by atoms with Crippen molar-refractivity contribution in [1.29, 1.82) is 0 Å². The van der Waals surface area contributed by atoms with E-state index >= 15 is 0 Å². The average Bonchev–Trinajstić information content (AvgIpc) is 2.52. The van der Waals surface area contributed by atoms with Crippen molar-refractivity contribution in [2.24, 2.45) is 0 Å². The third-order valence-corrected chi connectivity index (χ3v) is 3.83. The molecule has 4 heteroatoms. The number of halogens is 2. The molecule has 0 heterocycles. The van der Waals surface area contributed by atoms with Gasteiger partial charge in [0.15, 0.2) is 0 Å². The topological polar surface area (TPSA) is 12.5 Å². The number of para-hydroxylation sites is 1. The molecule has 0 aliphatic heterocycles. The molecule has 2 nitrogen and oxygen atoms in total. The van der Waals surface area contributed by atoms with E-state index in [1.165, 1.54) is 11.1 Å². The summed E-state index contributed by atoms with van der Waals surface area (Å²) in [6.45, 7) is 1.81. The van der Waals surface area contributed by atoms with Crippen LogP contribution in [0, 0.1) is 0 Å². The number of ether oxygens (including phenoxy) is 1. The van der Waals surface area contributed by atoms with Crippen LogP contribution >= 0.6 is 24.0 Å². The molecule has 0 aliphatic carbocycles. The molecule has 0 N–H and O–H groups in total. The molecule has 0 amide bonds. The van der Waals surface area contributed by atoms with Crippen LogP contribution in [0.3, 0.4) is 0 Å². The Morgan fingerprint density at radius 3 is 2.35 bits per heavy atom. The molecular weight excluding hydrogens is 329 g/mol. The number of hydrogen-bond donors (Lipinski definition) is 0. The normalized spacial score (nSPS) is 10.4. The predicted molar refractivity (Wildman–Crippen MR) is 101 cm³/mol. The van der Waals surface area contributed by atoms with Gasteiger partial charge in [0.05, 0.1) is 6.61 Å². The minimum absolute atomic E-state index is 0. The van der Waals surface area contributed by atoms with Crippen molar-refractivity contribution in [3.63, 3.8) is 0 Å². The Hall–Kier alpha value is -1.22. The highest BCUT2D eigenvalue weighted by atomic mass is 35.5. The van der Waals surface area contributed by atoms with E-state index in [4.69, 9.17) is 16.3 Å². The van der Waals surface area contributed by atoms with Gasteiger partial charge in [-0.2, -0.15) is 0 Å². The van der Waals surface area contributed by atoms with Crippen molar-refractivity contribution in [2.45, 2.75) is 19.3 Å². The molecule has 0 saturated heterocycles. The minimum Gasteiger partial charge on any atom is -0.493 e. The molecule has 2 aromatic rings. The zero-order valence-corrected chi connectivity index (χ0v) is 15.4. The van der Waals surface area contributed by atoms with Crippen molar-refractivity contribution >= 4 is 24.0 Å². The number of benzene rings is 2. The summed E-state index contributed by atoms with van der Waals surface area (Å²) in [5.41, 5.74) is 2.56. The number of rotatable bonds is 8. The van der Waals surface area contributed by atoms with Gasteiger partial charge in [0.1, 0.15) is 5.75 Å². The lowest BCUT2D eigenvalue weighted by Crippen LogP contribution is -2.15. The Morgan fingerprint density at radius 2 is 1.65 bits per heavy atom. The average molecular weight is 354 g/mol. The first-order chi connectivity index (χ1) is 10.6. The van der Waals surface area contributed by atoms with Crippen molar-refractivity contribution in [1.82, 2.24) is 4.90 Å². The summed E-state index contributed by atoms with van der Waals surface area (Å²) in [6.07, 6.45) is 3.01. The summed E-state index contributed by atoms with van der Waals surface area (Å²) in [6, 6.07) is 16.4. The number of nitrogens with zero attached hydrogens (tertiary/aromatic N) is 1. The molecule has 2 rings (SSSR count). The SMILES string of the molecule is CN(C)CCCOc1ccccc1CCc1ccc(Cl)cc1.Cl. The maximum atomic E-state index is 5.95. The molecule has 23 heavy (non-hydrogen) atoms. The number of aryl methyl sites for hydroxylation is 2. The Bertz CT molecular complexity index is 570. The van der Waals surface area contributed by atoms with Crippen LogP contribution in [0.5, 0.6) is 5.75 Å². The van der Waals surface area contributed by atoms with Gasteiger partial charge < -0.3 is 9.64 Å². The maximum absolute atomic E-state index is 5.95. The highest BCUT2D eigenvalue weighted by Crippen LogP contribution is 2.21. The highest BCUT2D eigenvalue weighted by Gasteiger charge is 2.04. The van der Waals surface area contributed by atoms with Crippen LogP contribution in [0.2, 0.25) is 5.02 Å². The van der Waals surface area contributed by atoms with Gasteiger partial charge >= 0.3 is 0 Å². The quantitative estimate of drug-likeness (QED) is 0.627. The molecule has 0 bridgehead atoms. The van der Waals surface area contributed by atoms with E-state index in [1.807, 2.05) is 18.2 Å². The Kier molecular flexibility index (Phi) is 9.08. The molecule has 0 radical (unpaired) electrons. The fourth-order valence-electron chi connectivity index (χ4n) is 2.34. The molecule has 2 aromatic carbocycles. The summed E-state index contributed by atoms with van der Waals surface area (Å²) in [4.78, 5) is 2.18. The predicted octanol–water partition coefficient (Wildman–Crippen LogP) is 4.88. The van der Waals surface area contributed by atoms with Gasteiger partial charge in [-0.15, -0.1) is 12.4 Å². The van der Waals surface area contributed by atoms with Crippen molar-refractivity contribution in [3.8, 4) is 5.75 Å². The summed E-state index contributed by atoms with van der Waals surface area (Å²) in [5.74, 6) is 1.01. The van der Waals surface area contributed by atoms with Gasteiger partial charge in [-0.1, -0.05) is 41.9 Å². The molecular formula is C19H25Cl2NO. The van der Waals surface area contributed by atoms with Crippen molar-refractivity contribution < 1.29 is 4.74 Å². The third kappa shape index (κ3) is 7.26. The molecule has 0 atom stereocenters. The monoisotopic (exact) mass is 353 g/mol. The standard InChI is InChI=1S/C19H24ClNO.ClH/c1-21(2)14-5-15-22-19-7-4-3-6-17(19)11-8-16-9-12-18(20)13-10-16;/h3-4,6-7,9-10,12-13H,5,8,11,14-15H2,1-2H3;1H. The van der Waals surface area contributed by atoms with Crippen molar-refractivity contribution in [2.75, 3.05) is 27.2 Å². The largest absolute Gasteiger partial charge is 0.493 e. The maximum Gasteiger partial charge on any atom is 0.122 e. The van der Waals surface area contributed by atoms with E-state index in [1.54, 1.807) is 0 Å². The molecule has 0 saturated carbocycles. The first-order valence-electron chi connectivity index (χ1n) is 7.75. The van der Waals surface area contributed by atoms with Gasteiger partial charge in [-0.3, -0.25) is 0 Å². The van der Waals surface area contributed by atoms with Crippen LogP contribution in [0.4, 0.5) is 0 Å². The van der Waals surface area contributed by atoms with Gasteiger partial charge in [0.2, 0.25) is 0 Å². The van der Waals surface area contributed by atoms with Gasteiger partial charge in [-0.25, -0.2) is 0 Å². The second-order valence-corrected chi connectivity index (χ2v) is 6.18. The summed E-state index contributed by atoms with van der Waals surface area (Å²) >= 11 is 5.92. The van der Waals surface area contributed by atoms with Crippen LogP contribution in [-0.4, -0.2) is 32.1 Å². The van der Waals surface area contributed by atoms with Gasteiger partial charge in [-0.05, 0) is 62.7 Å². The lowest BCUT2D eigenvalue weighted by atomic mass is 10.0. The minimum atomic E-state index is 0. The lowest BCUT2D eigenvalue weighted by Gasteiger charge is -2.13. The smallest absolute Gasteiger partial charge is 0.122 e. The first kappa shape index (κ1) is 19.8. The molecule has 0 aliphatic rings. The van der Waals surface area contributed by atoms with Crippen LogP contribution < -0.4 is 4.74 Å². The van der Waals surface area contributed by atoms with Crippen LogP contribution in [0.25, 0.3) is 0 Å². The van der Waals surface area contributed by atoms with Crippen LogP contribution in [0.15, 0.2) is 48.5 Å². The van der Waals surface area contributed by atoms with Gasteiger partial charge in [0.25, 0.3) is 0 Å². The Labute approximate surface area is 150 Å². The van der Waals surface area contributed by atoms with E-state index in [0.29, 0.717) is 0 Å². The highest BCUT2D eigenvalue weighted by molar-refractivity contribution is 6.30. The second-order valence-electron chi connectivity index (χ2n) is 5.74.